The maximum absolute atomic E-state index is 5.28. The minimum Gasteiger partial charge on any atom is -0.362 e. The third-order valence-corrected chi connectivity index (χ3v) is 5.27. The van der Waals surface area contributed by atoms with Crippen molar-refractivity contribution in [2.75, 3.05) is 5.32 Å². The van der Waals surface area contributed by atoms with Crippen LogP contribution in [0, 0.1) is 13.8 Å². The van der Waals surface area contributed by atoms with Crippen LogP contribution in [0.5, 0.6) is 0 Å². The normalized spacial score (nSPS) is 12.3. The molecule has 0 saturated carbocycles. The third-order valence-electron chi connectivity index (χ3n) is 3.71. The van der Waals surface area contributed by atoms with Gasteiger partial charge in [-0.2, -0.15) is 4.98 Å². The maximum Gasteiger partial charge on any atom is 0.261 e. The highest BCUT2D eigenvalue weighted by atomic mass is 32.1. The standard InChI is InChI=1S/C17H20N4OS/c1-5-14-10(2)9-15(23-14)11(3)19-16-13(7-6-8-18-16)17-20-12(4)21-22-17/h6-9,11H,5H2,1-4H3,(H,18,19). The van der Waals surface area contributed by atoms with E-state index in [0.29, 0.717) is 11.7 Å². The van der Waals surface area contributed by atoms with Gasteiger partial charge in [-0.25, -0.2) is 4.98 Å². The van der Waals surface area contributed by atoms with Gasteiger partial charge in [0.2, 0.25) is 0 Å². The smallest absolute Gasteiger partial charge is 0.261 e. The van der Waals surface area contributed by atoms with Crippen LogP contribution in [-0.2, 0) is 6.42 Å². The minimum atomic E-state index is 0.164. The number of thiophene rings is 1. The van der Waals surface area contributed by atoms with Gasteiger partial charge in [0.15, 0.2) is 5.82 Å². The van der Waals surface area contributed by atoms with Gasteiger partial charge in [-0.1, -0.05) is 12.1 Å². The Balaban J connectivity index is 1.87. The Morgan fingerprint density at radius 1 is 1.35 bits per heavy atom. The van der Waals surface area contributed by atoms with Crippen molar-refractivity contribution in [3.63, 3.8) is 0 Å². The lowest BCUT2D eigenvalue weighted by molar-refractivity contribution is 0.425. The Hall–Kier alpha value is -2.21. The molecular formula is C17H20N4OS. The molecule has 3 rings (SSSR count). The van der Waals surface area contributed by atoms with Gasteiger partial charge in [-0.15, -0.1) is 11.3 Å². The molecule has 0 bridgehead atoms. The SMILES string of the molecule is CCc1sc(C(C)Nc2ncccc2-c2nc(C)no2)cc1C. The molecule has 0 aliphatic rings. The minimum absolute atomic E-state index is 0.164. The number of nitrogens with one attached hydrogen (secondary N) is 1. The fourth-order valence-corrected chi connectivity index (χ4v) is 3.61. The Labute approximate surface area is 139 Å². The number of aryl methyl sites for hydroxylation is 3. The molecule has 1 atom stereocenters. The molecule has 3 aromatic rings. The Bertz CT molecular complexity index is 809. The lowest BCUT2D eigenvalue weighted by Gasteiger charge is -2.14. The fourth-order valence-electron chi connectivity index (χ4n) is 2.49. The van der Waals surface area contributed by atoms with Crippen molar-refractivity contribution in [3.8, 4) is 11.5 Å². The molecule has 0 aliphatic carbocycles. The van der Waals surface area contributed by atoms with Crippen LogP contribution >= 0.6 is 11.3 Å². The molecule has 0 spiro atoms. The van der Waals surface area contributed by atoms with Gasteiger partial charge in [-0.3, -0.25) is 0 Å². The highest BCUT2D eigenvalue weighted by Crippen LogP contribution is 2.32. The number of aromatic nitrogens is 3. The number of pyridine rings is 1. The summed E-state index contributed by atoms with van der Waals surface area (Å²) in [6, 6.07) is 6.22. The molecular weight excluding hydrogens is 308 g/mol. The summed E-state index contributed by atoms with van der Waals surface area (Å²) in [6.07, 6.45) is 2.83. The summed E-state index contributed by atoms with van der Waals surface area (Å²) in [5, 5.41) is 7.33. The van der Waals surface area contributed by atoms with Crippen molar-refractivity contribution in [1.82, 2.24) is 15.1 Å². The van der Waals surface area contributed by atoms with Crippen LogP contribution in [0.1, 0.15) is 41.0 Å². The first-order valence-electron chi connectivity index (χ1n) is 7.70. The zero-order valence-electron chi connectivity index (χ0n) is 13.8. The number of rotatable bonds is 5. The molecule has 0 amide bonds. The summed E-state index contributed by atoms with van der Waals surface area (Å²) in [4.78, 5) is 11.5. The van der Waals surface area contributed by atoms with Crippen LogP contribution < -0.4 is 5.32 Å². The predicted molar refractivity (Wildman–Crippen MR) is 92.7 cm³/mol. The maximum atomic E-state index is 5.28. The third kappa shape index (κ3) is 3.27. The van der Waals surface area contributed by atoms with Crippen LogP contribution in [0.25, 0.3) is 11.5 Å². The van der Waals surface area contributed by atoms with Gasteiger partial charge < -0.3 is 9.84 Å². The van der Waals surface area contributed by atoms with E-state index in [9.17, 15) is 0 Å². The van der Waals surface area contributed by atoms with Gasteiger partial charge in [0.05, 0.1) is 11.6 Å². The number of nitrogens with zero attached hydrogens (tertiary/aromatic N) is 3. The van der Waals surface area contributed by atoms with Crippen molar-refractivity contribution in [3.05, 3.63) is 45.5 Å². The van der Waals surface area contributed by atoms with E-state index in [4.69, 9.17) is 4.52 Å². The predicted octanol–water partition coefficient (Wildman–Crippen LogP) is 4.55. The van der Waals surface area contributed by atoms with Gasteiger partial charge in [0, 0.05) is 16.0 Å². The molecule has 6 heteroatoms. The van der Waals surface area contributed by atoms with E-state index in [1.807, 2.05) is 23.5 Å². The Morgan fingerprint density at radius 3 is 2.83 bits per heavy atom. The first-order chi connectivity index (χ1) is 11.1. The average Bonchev–Trinajstić information content (AvgIpc) is 3.13. The van der Waals surface area contributed by atoms with E-state index in [0.717, 1.165) is 17.8 Å². The average molecular weight is 328 g/mol. The lowest BCUT2D eigenvalue weighted by Crippen LogP contribution is -2.07. The van der Waals surface area contributed by atoms with Gasteiger partial charge in [0.25, 0.3) is 5.89 Å². The summed E-state index contributed by atoms with van der Waals surface area (Å²) in [7, 11) is 0. The van der Waals surface area contributed by atoms with Crippen LogP contribution in [0.2, 0.25) is 0 Å². The van der Waals surface area contributed by atoms with Crippen molar-refractivity contribution < 1.29 is 4.52 Å². The number of anilines is 1. The topological polar surface area (TPSA) is 63.8 Å². The second-order valence-corrected chi connectivity index (χ2v) is 6.69. The lowest BCUT2D eigenvalue weighted by atomic mass is 10.2. The van der Waals surface area contributed by atoms with Gasteiger partial charge >= 0.3 is 0 Å². The van der Waals surface area contributed by atoms with E-state index < -0.39 is 0 Å². The molecule has 120 valence electrons. The Kier molecular flexibility index (Phi) is 4.43. The van der Waals surface area contributed by atoms with Crippen molar-refractivity contribution in [1.29, 1.82) is 0 Å². The summed E-state index contributed by atoms with van der Waals surface area (Å²) in [5.41, 5.74) is 2.18. The summed E-state index contributed by atoms with van der Waals surface area (Å²) < 4.78 is 5.28. The second-order valence-electron chi connectivity index (χ2n) is 5.52. The molecule has 1 N–H and O–H groups in total. The fraction of sp³-hybridized carbons (Fsp3) is 0.353. The molecule has 5 nitrogen and oxygen atoms in total. The van der Waals surface area contributed by atoms with E-state index in [1.54, 1.807) is 13.1 Å². The van der Waals surface area contributed by atoms with Crippen molar-refractivity contribution >= 4 is 17.2 Å². The van der Waals surface area contributed by atoms with Crippen molar-refractivity contribution in [2.45, 2.75) is 40.2 Å². The molecule has 23 heavy (non-hydrogen) atoms. The molecule has 0 radical (unpaired) electrons. The summed E-state index contributed by atoms with van der Waals surface area (Å²) in [5.74, 6) is 1.86. The van der Waals surface area contributed by atoms with Crippen LogP contribution in [0.15, 0.2) is 28.9 Å². The largest absolute Gasteiger partial charge is 0.362 e. The molecule has 0 aliphatic heterocycles. The van der Waals surface area contributed by atoms with E-state index in [2.05, 4.69) is 47.3 Å². The zero-order valence-corrected chi connectivity index (χ0v) is 14.6. The summed E-state index contributed by atoms with van der Waals surface area (Å²) >= 11 is 1.85. The zero-order chi connectivity index (χ0) is 16.4. The first kappa shape index (κ1) is 15.7. The molecule has 0 saturated heterocycles. The molecule has 1 unspecified atom stereocenters. The van der Waals surface area contributed by atoms with E-state index in [-0.39, 0.29) is 6.04 Å². The second kappa shape index (κ2) is 6.50. The van der Waals surface area contributed by atoms with E-state index in [1.165, 1.54) is 15.3 Å². The quantitative estimate of drug-likeness (QED) is 0.744. The van der Waals surface area contributed by atoms with Crippen LogP contribution in [0.4, 0.5) is 5.82 Å². The monoisotopic (exact) mass is 328 g/mol. The van der Waals surface area contributed by atoms with Gasteiger partial charge in [-0.05, 0) is 51.0 Å². The first-order valence-corrected chi connectivity index (χ1v) is 8.51. The highest BCUT2D eigenvalue weighted by molar-refractivity contribution is 7.12. The van der Waals surface area contributed by atoms with Crippen LogP contribution in [0.3, 0.4) is 0 Å². The molecule has 3 heterocycles. The Morgan fingerprint density at radius 2 is 2.17 bits per heavy atom. The summed E-state index contributed by atoms with van der Waals surface area (Å²) in [6.45, 7) is 8.30. The van der Waals surface area contributed by atoms with Crippen molar-refractivity contribution in [2.24, 2.45) is 0 Å². The van der Waals surface area contributed by atoms with E-state index >= 15 is 0 Å². The van der Waals surface area contributed by atoms with Gasteiger partial charge in [0.1, 0.15) is 5.82 Å². The highest BCUT2D eigenvalue weighted by Gasteiger charge is 2.16. The number of hydrogen-bond donors (Lipinski definition) is 1. The molecule has 0 fully saturated rings. The van der Waals surface area contributed by atoms with Crippen LogP contribution in [-0.4, -0.2) is 15.1 Å². The molecule has 0 aromatic carbocycles. The molecule has 3 aromatic heterocycles. The number of hydrogen-bond acceptors (Lipinski definition) is 6.